The van der Waals surface area contributed by atoms with Crippen molar-refractivity contribution in [3.8, 4) is 5.75 Å². The Morgan fingerprint density at radius 3 is 2.72 bits per heavy atom. The normalized spacial score (nSPS) is 10.7. The Bertz CT molecular complexity index is 868. The van der Waals surface area contributed by atoms with Crippen LogP contribution in [0.3, 0.4) is 0 Å². The number of benzene rings is 1. The van der Waals surface area contributed by atoms with Crippen LogP contribution in [0.25, 0.3) is 0 Å². The smallest absolute Gasteiger partial charge is 0.287 e. The molecule has 7 heteroatoms. The zero-order valence-electron chi connectivity index (χ0n) is 14.0. The number of ether oxygens (including phenoxy) is 1. The van der Waals surface area contributed by atoms with Crippen molar-refractivity contribution in [2.75, 3.05) is 0 Å². The maximum Gasteiger partial charge on any atom is 0.287 e. The van der Waals surface area contributed by atoms with Gasteiger partial charge in [-0.25, -0.2) is 0 Å². The van der Waals surface area contributed by atoms with Crippen molar-refractivity contribution in [2.45, 2.75) is 20.1 Å². The number of carbonyl (C=O) groups is 1. The Morgan fingerprint density at radius 2 is 2.04 bits per heavy atom. The first-order valence-electron chi connectivity index (χ1n) is 7.75. The lowest BCUT2D eigenvalue weighted by atomic mass is 10.2. The Balaban J connectivity index is 1.54. The number of rotatable bonds is 6. The van der Waals surface area contributed by atoms with Gasteiger partial charge in [-0.3, -0.25) is 9.48 Å². The highest BCUT2D eigenvalue weighted by molar-refractivity contribution is 14.1. The lowest BCUT2D eigenvalue weighted by Gasteiger charge is -2.04. The molecule has 25 heavy (non-hydrogen) atoms. The third kappa shape index (κ3) is 4.62. The van der Waals surface area contributed by atoms with E-state index in [0.29, 0.717) is 12.3 Å². The van der Waals surface area contributed by atoms with E-state index in [1.165, 1.54) is 0 Å². The van der Waals surface area contributed by atoms with Crippen LogP contribution in [0.4, 0.5) is 0 Å². The van der Waals surface area contributed by atoms with Crippen molar-refractivity contribution in [3.05, 3.63) is 68.9 Å². The van der Waals surface area contributed by atoms with Crippen LogP contribution in [-0.2, 0) is 20.2 Å². The molecule has 0 unspecified atom stereocenters. The summed E-state index contributed by atoms with van der Waals surface area (Å²) in [6.07, 6.45) is 1.89. The summed E-state index contributed by atoms with van der Waals surface area (Å²) in [5, 5.41) is 7.08. The highest BCUT2D eigenvalue weighted by Gasteiger charge is 2.12. The number of nitrogens with one attached hydrogen (secondary N) is 1. The van der Waals surface area contributed by atoms with Crippen LogP contribution in [0.1, 0.15) is 27.6 Å². The quantitative estimate of drug-likeness (QED) is 0.584. The van der Waals surface area contributed by atoms with Gasteiger partial charge in [0.25, 0.3) is 5.91 Å². The predicted octanol–water partition coefficient (Wildman–Crippen LogP) is 3.44. The first-order chi connectivity index (χ1) is 12.0. The second-order valence-corrected chi connectivity index (χ2v) is 6.85. The van der Waals surface area contributed by atoms with Crippen molar-refractivity contribution in [1.29, 1.82) is 0 Å². The number of furan rings is 1. The van der Waals surface area contributed by atoms with Crippen LogP contribution < -0.4 is 10.1 Å². The van der Waals surface area contributed by atoms with Crippen LogP contribution in [-0.4, -0.2) is 15.7 Å². The summed E-state index contributed by atoms with van der Waals surface area (Å²) in [6.45, 7) is 2.59. The summed E-state index contributed by atoms with van der Waals surface area (Å²) < 4.78 is 14.1. The molecule has 0 fully saturated rings. The number of carbonyl (C=O) groups excluding carboxylic acids is 1. The van der Waals surface area contributed by atoms with Gasteiger partial charge < -0.3 is 14.5 Å². The second kappa shape index (κ2) is 7.73. The minimum atomic E-state index is -0.260. The van der Waals surface area contributed by atoms with Gasteiger partial charge in [0.2, 0.25) is 0 Å². The summed E-state index contributed by atoms with van der Waals surface area (Å²) in [5.74, 6) is 1.36. The van der Waals surface area contributed by atoms with Crippen LogP contribution in [0.5, 0.6) is 5.75 Å². The molecular formula is C18H18IN3O3. The average molecular weight is 451 g/mol. The molecule has 3 rings (SSSR count). The molecule has 0 bridgehead atoms. The molecule has 1 N–H and O–H groups in total. The van der Waals surface area contributed by atoms with Crippen LogP contribution >= 0.6 is 22.6 Å². The lowest BCUT2D eigenvalue weighted by molar-refractivity contribution is 0.0919. The third-order valence-corrected chi connectivity index (χ3v) is 4.35. The van der Waals surface area contributed by atoms with E-state index in [1.807, 2.05) is 44.4 Å². The van der Waals surface area contributed by atoms with E-state index in [0.717, 1.165) is 20.6 Å². The second-order valence-electron chi connectivity index (χ2n) is 5.60. The summed E-state index contributed by atoms with van der Waals surface area (Å²) in [5.41, 5.74) is 1.87. The number of aryl methyl sites for hydroxylation is 2. The third-order valence-electron chi connectivity index (χ3n) is 3.63. The van der Waals surface area contributed by atoms with E-state index in [9.17, 15) is 4.79 Å². The fourth-order valence-corrected chi connectivity index (χ4v) is 2.71. The average Bonchev–Trinajstić information content (AvgIpc) is 3.18. The van der Waals surface area contributed by atoms with Crippen molar-refractivity contribution < 1.29 is 13.9 Å². The molecule has 1 amide bonds. The first-order valence-corrected chi connectivity index (χ1v) is 8.83. The molecule has 0 atom stereocenters. The summed E-state index contributed by atoms with van der Waals surface area (Å²) in [7, 11) is 1.85. The molecule has 2 heterocycles. The van der Waals surface area contributed by atoms with Gasteiger partial charge >= 0.3 is 0 Å². The number of hydrogen-bond acceptors (Lipinski definition) is 4. The maximum atomic E-state index is 12.2. The predicted molar refractivity (Wildman–Crippen MR) is 101 cm³/mol. The number of halogens is 1. The number of hydrogen-bond donors (Lipinski definition) is 1. The van der Waals surface area contributed by atoms with E-state index in [2.05, 4.69) is 33.0 Å². The van der Waals surface area contributed by atoms with Crippen molar-refractivity contribution in [3.63, 3.8) is 0 Å². The first kappa shape index (κ1) is 17.5. The molecule has 0 saturated heterocycles. The highest BCUT2D eigenvalue weighted by Crippen LogP contribution is 2.16. The van der Waals surface area contributed by atoms with Crippen LogP contribution in [0.15, 0.2) is 47.0 Å². The van der Waals surface area contributed by atoms with E-state index in [1.54, 1.807) is 16.8 Å². The highest BCUT2D eigenvalue weighted by atomic mass is 127. The van der Waals surface area contributed by atoms with Gasteiger partial charge in [-0.05, 0) is 65.9 Å². The molecular weight excluding hydrogens is 433 g/mol. The van der Waals surface area contributed by atoms with Gasteiger partial charge in [0.15, 0.2) is 5.76 Å². The molecule has 3 aromatic rings. The molecule has 6 nitrogen and oxygen atoms in total. The van der Waals surface area contributed by atoms with E-state index >= 15 is 0 Å². The minimum absolute atomic E-state index is 0.260. The monoisotopic (exact) mass is 451 g/mol. The van der Waals surface area contributed by atoms with Crippen LogP contribution in [0, 0.1) is 10.5 Å². The van der Waals surface area contributed by atoms with Crippen molar-refractivity contribution in [2.24, 2.45) is 7.05 Å². The summed E-state index contributed by atoms with van der Waals surface area (Å²) >= 11 is 2.24. The van der Waals surface area contributed by atoms with Gasteiger partial charge in [0.05, 0.1) is 5.69 Å². The van der Waals surface area contributed by atoms with Gasteiger partial charge in [0, 0.05) is 28.9 Å². The zero-order chi connectivity index (χ0) is 17.8. The van der Waals surface area contributed by atoms with Gasteiger partial charge in [0.1, 0.15) is 18.1 Å². The number of aromatic nitrogens is 2. The summed E-state index contributed by atoms with van der Waals surface area (Å²) in [4.78, 5) is 12.2. The SMILES string of the molecule is Cc1nn(C)cc1CNC(=O)c1ccc(COc2ccc(I)cc2)o1. The molecule has 0 aliphatic carbocycles. The molecule has 2 aromatic heterocycles. The fourth-order valence-electron chi connectivity index (χ4n) is 2.35. The molecule has 0 radical (unpaired) electrons. The van der Waals surface area contributed by atoms with E-state index < -0.39 is 0 Å². The molecule has 130 valence electrons. The fraction of sp³-hybridized carbons (Fsp3) is 0.222. The lowest BCUT2D eigenvalue weighted by Crippen LogP contribution is -2.22. The van der Waals surface area contributed by atoms with Crippen molar-refractivity contribution in [1.82, 2.24) is 15.1 Å². The molecule has 0 spiro atoms. The molecule has 0 aliphatic heterocycles. The zero-order valence-corrected chi connectivity index (χ0v) is 16.1. The largest absolute Gasteiger partial charge is 0.486 e. The Morgan fingerprint density at radius 1 is 1.28 bits per heavy atom. The number of amides is 1. The van der Waals surface area contributed by atoms with Gasteiger partial charge in [-0.2, -0.15) is 5.10 Å². The Kier molecular flexibility index (Phi) is 5.42. The minimum Gasteiger partial charge on any atom is -0.486 e. The number of nitrogens with zero attached hydrogens (tertiary/aromatic N) is 2. The summed E-state index contributed by atoms with van der Waals surface area (Å²) in [6, 6.07) is 11.1. The Hall–Kier alpha value is -2.29. The van der Waals surface area contributed by atoms with E-state index in [-0.39, 0.29) is 18.3 Å². The van der Waals surface area contributed by atoms with E-state index in [4.69, 9.17) is 9.15 Å². The topological polar surface area (TPSA) is 69.3 Å². The standard InChI is InChI=1S/C18H18IN3O3/c1-12-13(10-22(2)21-12)9-20-18(23)17-8-7-16(25-17)11-24-15-5-3-14(19)4-6-15/h3-8,10H,9,11H2,1-2H3,(H,20,23). The van der Waals surface area contributed by atoms with Gasteiger partial charge in [-0.1, -0.05) is 0 Å². The molecule has 0 aliphatic rings. The van der Waals surface area contributed by atoms with Crippen LogP contribution in [0.2, 0.25) is 0 Å². The molecule has 1 aromatic carbocycles. The van der Waals surface area contributed by atoms with Gasteiger partial charge in [-0.15, -0.1) is 0 Å². The van der Waals surface area contributed by atoms with Crippen molar-refractivity contribution >= 4 is 28.5 Å². The Labute approximate surface area is 159 Å². The molecule has 0 saturated carbocycles. The maximum absolute atomic E-state index is 12.2.